The van der Waals surface area contributed by atoms with Gasteiger partial charge in [-0.1, -0.05) is 31.2 Å². The normalized spacial score (nSPS) is 12.9. The van der Waals surface area contributed by atoms with E-state index in [0.717, 1.165) is 24.1 Å². The van der Waals surface area contributed by atoms with Crippen LogP contribution in [0.4, 0.5) is 0 Å². The molecule has 0 atom stereocenters. The van der Waals surface area contributed by atoms with Gasteiger partial charge in [-0.3, -0.25) is 0 Å². The zero-order chi connectivity index (χ0) is 15.4. The predicted molar refractivity (Wildman–Crippen MR) is 84.0 cm³/mol. The van der Waals surface area contributed by atoms with Crippen LogP contribution in [0.5, 0.6) is 0 Å². The maximum atomic E-state index is 12.5. The summed E-state index contributed by atoms with van der Waals surface area (Å²) in [7, 11) is 0.237. The first-order valence-corrected chi connectivity index (χ1v) is 8.53. The lowest BCUT2D eigenvalue weighted by Crippen LogP contribution is -2.44. The minimum absolute atomic E-state index is 0.0461. The van der Waals surface area contributed by atoms with Crippen LogP contribution in [0.25, 0.3) is 0 Å². The van der Waals surface area contributed by atoms with Crippen LogP contribution in [0.1, 0.15) is 38.3 Å². The van der Waals surface area contributed by atoms with Crippen molar-refractivity contribution in [2.45, 2.75) is 45.0 Å². The van der Waals surface area contributed by atoms with Crippen LogP contribution in [-0.4, -0.2) is 32.4 Å². The van der Waals surface area contributed by atoms with Gasteiger partial charge >= 0.3 is 0 Å². The summed E-state index contributed by atoms with van der Waals surface area (Å²) in [5.41, 5.74) is 1.57. The number of nitrogens with one attached hydrogen (secondary N) is 1. The molecule has 0 saturated carbocycles. The lowest BCUT2D eigenvalue weighted by Gasteiger charge is -2.33. The monoisotopic (exact) mass is 298 g/mol. The summed E-state index contributed by atoms with van der Waals surface area (Å²) >= 11 is 0. The molecule has 1 N–H and O–H groups in total. The average molecular weight is 298 g/mol. The second-order valence-electron chi connectivity index (χ2n) is 5.74. The smallest absolute Gasteiger partial charge is 0.218 e. The highest BCUT2D eigenvalue weighted by Crippen LogP contribution is 2.22. The highest BCUT2D eigenvalue weighted by Gasteiger charge is 2.31. The molecule has 0 radical (unpaired) electrons. The molecule has 0 unspecified atom stereocenters. The zero-order valence-electron chi connectivity index (χ0n) is 13.1. The number of sulfonamides is 1. The van der Waals surface area contributed by atoms with Crippen LogP contribution in [0.3, 0.4) is 0 Å². The highest BCUT2D eigenvalue weighted by atomic mass is 32.2. The number of hydrogen-bond donors (Lipinski definition) is 1. The van der Waals surface area contributed by atoms with Crippen LogP contribution in [0, 0.1) is 0 Å². The third kappa shape index (κ3) is 4.30. The van der Waals surface area contributed by atoms with Gasteiger partial charge in [0.2, 0.25) is 10.0 Å². The van der Waals surface area contributed by atoms with E-state index >= 15 is 0 Å². The SMILES string of the molecule is CCC(C)(C)N(C)S(=O)(=O)Cc1cccc(CNC)c1. The number of benzene rings is 1. The lowest BCUT2D eigenvalue weighted by atomic mass is 10.0. The largest absolute Gasteiger partial charge is 0.316 e. The molecule has 0 spiro atoms. The van der Waals surface area contributed by atoms with Gasteiger partial charge in [0, 0.05) is 19.1 Å². The third-order valence-electron chi connectivity index (χ3n) is 3.86. The maximum absolute atomic E-state index is 12.5. The van der Waals surface area contributed by atoms with Gasteiger partial charge in [0.05, 0.1) is 5.75 Å². The molecule has 0 aliphatic carbocycles. The predicted octanol–water partition coefficient (Wildman–Crippen LogP) is 2.36. The fourth-order valence-corrected chi connectivity index (χ4v) is 3.62. The summed E-state index contributed by atoms with van der Waals surface area (Å²) in [4.78, 5) is 0. The van der Waals surface area contributed by atoms with E-state index < -0.39 is 10.0 Å². The van der Waals surface area contributed by atoms with Crippen molar-refractivity contribution in [2.75, 3.05) is 14.1 Å². The van der Waals surface area contributed by atoms with Crippen molar-refractivity contribution in [1.29, 1.82) is 0 Å². The van der Waals surface area contributed by atoms with Crippen molar-refractivity contribution >= 4 is 10.0 Å². The summed E-state index contributed by atoms with van der Waals surface area (Å²) < 4.78 is 26.5. The molecule has 1 aromatic carbocycles. The fraction of sp³-hybridized carbons (Fsp3) is 0.600. The minimum Gasteiger partial charge on any atom is -0.316 e. The van der Waals surface area contributed by atoms with Crippen LogP contribution in [-0.2, 0) is 22.3 Å². The second kappa shape index (κ2) is 6.70. The van der Waals surface area contributed by atoms with Gasteiger partial charge < -0.3 is 5.32 Å². The van der Waals surface area contributed by atoms with Crippen molar-refractivity contribution in [3.05, 3.63) is 35.4 Å². The van der Waals surface area contributed by atoms with Crippen LogP contribution in [0.2, 0.25) is 0 Å². The molecule has 0 amide bonds. The molecule has 0 heterocycles. The van der Waals surface area contributed by atoms with Gasteiger partial charge in [-0.05, 0) is 38.4 Å². The number of hydrogen-bond acceptors (Lipinski definition) is 3. The third-order valence-corrected chi connectivity index (χ3v) is 5.88. The van der Waals surface area contributed by atoms with Gasteiger partial charge in [-0.2, -0.15) is 4.31 Å². The van der Waals surface area contributed by atoms with Crippen molar-refractivity contribution in [3.8, 4) is 0 Å². The molecule has 0 saturated heterocycles. The molecular formula is C15H26N2O2S. The summed E-state index contributed by atoms with van der Waals surface area (Å²) in [6, 6.07) is 7.71. The van der Waals surface area contributed by atoms with E-state index in [4.69, 9.17) is 0 Å². The summed E-state index contributed by atoms with van der Waals surface area (Å²) in [6.07, 6.45) is 0.780. The Hall–Kier alpha value is -0.910. The Balaban J connectivity index is 2.94. The lowest BCUT2D eigenvalue weighted by molar-refractivity contribution is 0.257. The first-order valence-electron chi connectivity index (χ1n) is 6.92. The van der Waals surface area contributed by atoms with E-state index in [1.807, 2.05) is 52.1 Å². The number of rotatable bonds is 7. The van der Waals surface area contributed by atoms with E-state index in [1.165, 1.54) is 4.31 Å². The second-order valence-corrected chi connectivity index (χ2v) is 7.74. The maximum Gasteiger partial charge on any atom is 0.218 e. The first-order chi connectivity index (χ1) is 9.23. The van der Waals surface area contributed by atoms with Crippen LogP contribution in [0.15, 0.2) is 24.3 Å². The van der Waals surface area contributed by atoms with Crippen LogP contribution < -0.4 is 5.32 Å². The molecule has 0 bridgehead atoms. The van der Waals surface area contributed by atoms with Gasteiger partial charge in [0.25, 0.3) is 0 Å². The van der Waals surface area contributed by atoms with Gasteiger partial charge in [0.1, 0.15) is 0 Å². The molecule has 1 rings (SSSR count). The van der Waals surface area contributed by atoms with Crippen molar-refractivity contribution in [1.82, 2.24) is 9.62 Å². The first kappa shape index (κ1) is 17.1. The molecule has 4 nitrogen and oxygen atoms in total. The van der Waals surface area contributed by atoms with Crippen molar-refractivity contribution < 1.29 is 8.42 Å². The summed E-state index contributed by atoms with van der Waals surface area (Å²) in [5.74, 6) is 0.0461. The standard InChI is InChI=1S/C15H26N2O2S/c1-6-15(2,3)17(5)20(18,19)12-14-9-7-8-13(10-14)11-16-4/h7-10,16H,6,11-12H2,1-5H3. The molecule has 20 heavy (non-hydrogen) atoms. The molecule has 1 aromatic rings. The fourth-order valence-electron chi connectivity index (χ4n) is 1.94. The Morgan fingerprint density at radius 2 is 1.85 bits per heavy atom. The van der Waals surface area contributed by atoms with Gasteiger partial charge in [-0.15, -0.1) is 0 Å². The molecule has 5 heteroatoms. The van der Waals surface area contributed by atoms with Crippen molar-refractivity contribution in [2.24, 2.45) is 0 Å². The quantitative estimate of drug-likeness (QED) is 0.840. The number of nitrogens with zero attached hydrogens (tertiary/aromatic N) is 1. The van der Waals surface area contributed by atoms with E-state index in [0.29, 0.717) is 0 Å². The average Bonchev–Trinajstić information content (AvgIpc) is 2.38. The minimum atomic E-state index is -3.30. The van der Waals surface area contributed by atoms with Crippen molar-refractivity contribution in [3.63, 3.8) is 0 Å². The molecule has 114 valence electrons. The molecule has 0 aliphatic rings. The Morgan fingerprint density at radius 3 is 2.40 bits per heavy atom. The molecule has 0 aliphatic heterocycles. The van der Waals surface area contributed by atoms with Gasteiger partial charge in [0.15, 0.2) is 0 Å². The summed E-state index contributed by atoms with van der Waals surface area (Å²) in [5, 5.41) is 3.07. The van der Waals surface area contributed by atoms with E-state index in [-0.39, 0.29) is 11.3 Å². The molecular weight excluding hydrogens is 272 g/mol. The highest BCUT2D eigenvalue weighted by molar-refractivity contribution is 7.88. The zero-order valence-corrected chi connectivity index (χ0v) is 13.9. The molecule has 0 aromatic heterocycles. The Bertz CT molecular complexity index is 539. The topological polar surface area (TPSA) is 49.4 Å². The van der Waals surface area contributed by atoms with E-state index in [1.54, 1.807) is 7.05 Å². The Kier molecular flexibility index (Phi) is 5.74. The van der Waals surface area contributed by atoms with E-state index in [9.17, 15) is 8.42 Å². The Labute approximate surface area is 123 Å². The molecule has 0 fully saturated rings. The summed E-state index contributed by atoms with van der Waals surface area (Å²) in [6.45, 7) is 6.63. The van der Waals surface area contributed by atoms with Gasteiger partial charge in [-0.25, -0.2) is 8.42 Å². The Morgan fingerprint density at radius 1 is 1.25 bits per heavy atom. The van der Waals surface area contributed by atoms with Crippen LogP contribution >= 0.6 is 0 Å². The van der Waals surface area contributed by atoms with E-state index in [2.05, 4.69) is 5.32 Å².